The van der Waals surface area contributed by atoms with Crippen LogP contribution in [0.5, 0.6) is 0 Å². The smallest absolute Gasteiger partial charge is 0.227 e. The van der Waals surface area contributed by atoms with Crippen molar-refractivity contribution in [3.05, 3.63) is 29.8 Å². The van der Waals surface area contributed by atoms with E-state index < -0.39 is 11.1 Å². The number of hydrogen-bond acceptors (Lipinski definition) is 3. The summed E-state index contributed by atoms with van der Waals surface area (Å²) in [6.07, 6.45) is 0. The molecule has 0 radical (unpaired) electrons. The molecule has 0 saturated heterocycles. The molecule has 1 unspecified atom stereocenters. The second kappa shape index (κ2) is 5.21. The van der Waals surface area contributed by atoms with Gasteiger partial charge in [0.1, 0.15) is 0 Å². The van der Waals surface area contributed by atoms with E-state index in [2.05, 4.69) is 5.32 Å². The zero-order chi connectivity index (χ0) is 14.8. The third-order valence-corrected chi connectivity index (χ3v) is 3.77. The van der Waals surface area contributed by atoms with Gasteiger partial charge in [-0.25, -0.2) is 0 Å². The first-order valence-electron chi connectivity index (χ1n) is 6.44. The summed E-state index contributed by atoms with van der Waals surface area (Å²) in [5, 5.41) is 12.9. The molecule has 1 aromatic carbocycles. The monoisotopic (exact) mass is 264 g/mol. The van der Waals surface area contributed by atoms with E-state index in [1.54, 1.807) is 39.8 Å². The molecule has 19 heavy (non-hydrogen) atoms. The summed E-state index contributed by atoms with van der Waals surface area (Å²) in [6.45, 7) is 8.79. The summed E-state index contributed by atoms with van der Waals surface area (Å²) >= 11 is 0. The molecule has 0 aromatic heterocycles. The van der Waals surface area contributed by atoms with Gasteiger partial charge in [0.25, 0.3) is 0 Å². The van der Waals surface area contributed by atoms with E-state index in [1.807, 2.05) is 19.1 Å². The van der Waals surface area contributed by atoms with Crippen LogP contribution < -0.4 is 11.1 Å². The fourth-order valence-corrected chi connectivity index (χ4v) is 1.55. The van der Waals surface area contributed by atoms with Gasteiger partial charge >= 0.3 is 0 Å². The molecule has 4 heteroatoms. The van der Waals surface area contributed by atoms with Gasteiger partial charge in [0.05, 0.1) is 17.1 Å². The molecule has 1 amide bonds. The Labute approximate surface area is 115 Å². The van der Waals surface area contributed by atoms with Crippen molar-refractivity contribution in [1.82, 2.24) is 5.32 Å². The number of hydrogen-bond donors (Lipinski definition) is 3. The van der Waals surface area contributed by atoms with Crippen LogP contribution in [0.4, 0.5) is 5.69 Å². The van der Waals surface area contributed by atoms with Crippen molar-refractivity contribution < 1.29 is 9.90 Å². The minimum Gasteiger partial charge on any atom is -0.399 e. The van der Waals surface area contributed by atoms with Gasteiger partial charge in [0.15, 0.2) is 0 Å². The molecule has 1 aromatic rings. The van der Waals surface area contributed by atoms with Crippen LogP contribution in [-0.2, 0) is 4.79 Å². The Morgan fingerprint density at radius 2 is 1.89 bits per heavy atom. The first-order chi connectivity index (χ1) is 8.54. The number of amides is 1. The van der Waals surface area contributed by atoms with E-state index in [4.69, 9.17) is 5.73 Å². The molecule has 4 nitrogen and oxygen atoms in total. The molecule has 0 heterocycles. The summed E-state index contributed by atoms with van der Waals surface area (Å²) in [5.74, 6) is -0.442. The molecule has 0 aliphatic heterocycles. The zero-order valence-corrected chi connectivity index (χ0v) is 12.3. The average molecular weight is 264 g/mol. The summed E-state index contributed by atoms with van der Waals surface area (Å²) < 4.78 is 0. The quantitative estimate of drug-likeness (QED) is 0.728. The van der Waals surface area contributed by atoms with Gasteiger partial charge in [0, 0.05) is 5.69 Å². The van der Waals surface area contributed by atoms with Crippen molar-refractivity contribution in [3.63, 3.8) is 0 Å². The van der Waals surface area contributed by atoms with Crippen LogP contribution in [0.15, 0.2) is 24.3 Å². The highest BCUT2D eigenvalue weighted by atomic mass is 16.3. The van der Waals surface area contributed by atoms with Crippen LogP contribution in [0.1, 0.15) is 46.1 Å². The highest BCUT2D eigenvalue weighted by Crippen LogP contribution is 2.23. The highest BCUT2D eigenvalue weighted by molar-refractivity contribution is 5.84. The number of benzene rings is 1. The number of carbonyl (C=O) groups excluding carboxylic acids is 1. The van der Waals surface area contributed by atoms with Gasteiger partial charge in [-0.05, 0) is 52.3 Å². The van der Waals surface area contributed by atoms with E-state index in [0.717, 1.165) is 5.56 Å². The summed E-state index contributed by atoms with van der Waals surface area (Å²) in [6, 6.07) is 7.28. The fraction of sp³-hybridized carbons (Fsp3) is 0.533. The summed E-state index contributed by atoms with van der Waals surface area (Å²) in [5.41, 5.74) is 5.51. The average Bonchev–Trinajstić information content (AvgIpc) is 2.25. The van der Waals surface area contributed by atoms with E-state index >= 15 is 0 Å². The molecule has 0 spiro atoms. The van der Waals surface area contributed by atoms with Crippen molar-refractivity contribution in [2.24, 2.45) is 0 Å². The van der Waals surface area contributed by atoms with Crippen molar-refractivity contribution in [3.8, 4) is 0 Å². The lowest BCUT2D eigenvalue weighted by atomic mass is 9.85. The number of carbonyl (C=O) groups is 1. The van der Waals surface area contributed by atoms with Gasteiger partial charge in [-0.15, -0.1) is 0 Å². The van der Waals surface area contributed by atoms with Gasteiger partial charge in [-0.2, -0.15) is 0 Å². The normalized spacial score (nSPS) is 14.0. The first-order valence-corrected chi connectivity index (χ1v) is 6.44. The Hall–Kier alpha value is -1.55. The summed E-state index contributed by atoms with van der Waals surface area (Å²) in [4.78, 5) is 12.3. The predicted molar refractivity (Wildman–Crippen MR) is 77.8 cm³/mol. The number of anilines is 1. The maximum Gasteiger partial charge on any atom is 0.227 e. The van der Waals surface area contributed by atoms with Crippen LogP contribution >= 0.6 is 0 Å². The fourth-order valence-electron chi connectivity index (χ4n) is 1.55. The van der Waals surface area contributed by atoms with Crippen LogP contribution in [0.2, 0.25) is 0 Å². The van der Waals surface area contributed by atoms with Crippen LogP contribution in [0, 0.1) is 0 Å². The number of aliphatic hydroxyl groups is 1. The molecule has 106 valence electrons. The highest BCUT2D eigenvalue weighted by Gasteiger charge is 2.37. The number of rotatable bonds is 4. The molecule has 0 bridgehead atoms. The first kappa shape index (κ1) is 15.5. The Kier molecular flexibility index (Phi) is 4.25. The molecular formula is C15H24N2O2. The topological polar surface area (TPSA) is 75.3 Å². The van der Waals surface area contributed by atoms with Gasteiger partial charge in [-0.3, -0.25) is 4.79 Å². The molecule has 0 saturated carbocycles. The lowest BCUT2D eigenvalue weighted by Gasteiger charge is -2.38. The Balaban J connectivity index is 2.85. The zero-order valence-electron chi connectivity index (χ0n) is 12.3. The van der Waals surface area contributed by atoms with Crippen molar-refractivity contribution >= 4 is 11.6 Å². The minimum atomic E-state index is -1.00. The lowest BCUT2D eigenvalue weighted by molar-refractivity contribution is -0.127. The van der Waals surface area contributed by atoms with Crippen LogP contribution in [0.25, 0.3) is 0 Å². The number of nitrogens with one attached hydrogen (secondary N) is 1. The SMILES string of the molecule is CC(C(=O)NC(C)(C)C(C)(C)O)c1cccc(N)c1. The molecule has 1 atom stereocenters. The third-order valence-electron chi connectivity index (χ3n) is 3.77. The second-order valence-corrected chi connectivity index (χ2v) is 6.07. The van der Waals surface area contributed by atoms with Crippen molar-refractivity contribution in [1.29, 1.82) is 0 Å². The van der Waals surface area contributed by atoms with Crippen molar-refractivity contribution in [2.75, 3.05) is 5.73 Å². The number of nitrogens with two attached hydrogens (primary N) is 1. The molecular weight excluding hydrogens is 240 g/mol. The second-order valence-electron chi connectivity index (χ2n) is 6.07. The molecule has 0 aliphatic rings. The van der Waals surface area contributed by atoms with Crippen LogP contribution in [-0.4, -0.2) is 22.2 Å². The molecule has 0 aliphatic carbocycles. The largest absolute Gasteiger partial charge is 0.399 e. The molecule has 4 N–H and O–H groups in total. The van der Waals surface area contributed by atoms with E-state index in [0.29, 0.717) is 5.69 Å². The Bertz CT molecular complexity index is 461. The standard InChI is InChI=1S/C15H24N2O2/c1-10(11-7-6-8-12(16)9-11)13(18)17-14(2,3)15(4,5)19/h6-10,19H,16H2,1-5H3,(H,17,18). The van der Waals surface area contributed by atoms with Gasteiger partial charge in [0.2, 0.25) is 5.91 Å². The molecule has 1 rings (SSSR count). The Morgan fingerprint density at radius 3 is 2.37 bits per heavy atom. The minimum absolute atomic E-state index is 0.127. The third kappa shape index (κ3) is 3.70. The molecule has 0 fully saturated rings. The van der Waals surface area contributed by atoms with Gasteiger partial charge < -0.3 is 16.2 Å². The number of nitrogen functional groups attached to an aromatic ring is 1. The predicted octanol–water partition coefficient (Wildman–Crippen LogP) is 2.04. The Morgan fingerprint density at radius 1 is 1.32 bits per heavy atom. The van der Waals surface area contributed by atoms with E-state index in [9.17, 15) is 9.90 Å². The van der Waals surface area contributed by atoms with Gasteiger partial charge in [-0.1, -0.05) is 12.1 Å². The van der Waals surface area contributed by atoms with Crippen LogP contribution in [0.3, 0.4) is 0 Å². The van der Waals surface area contributed by atoms with E-state index in [-0.39, 0.29) is 11.8 Å². The lowest BCUT2D eigenvalue weighted by Crippen LogP contribution is -2.58. The summed E-state index contributed by atoms with van der Waals surface area (Å²) in [7, 11) is 0. The maximum atomic E-state index is 12.3. The van der Waals surface area contributed by atoms with Crippen molar-refractivity contribution in [2.45, 2.75) is 51.7 Å². The maximum absolute atomic E-state index is 12.3. The van der Waals surface area contributed by atoms with E-state index in [1.165, 1.54) is 0 Å².